The summed E-state index contributed by atoms with van der Waals surface area (Å²) in [5.41, 5.74) is 0. The van der Waals surface area contributed by atoms with E-state index in [4.69, 9.17) is 0 Å². The molecular formula is C13H22N2S. The minimum absolute atomic E-state index is 1.09. The van der Waals surface area contributed by atoms with Crippen molar-refractivity contribution in [1.82, 2.24) is 10.2 Å². The molecule has 0 bridgehead atoms. The third kappa shape index (κ3) is 6.88. The third-order valence-corrected chi connectivity index (χ3v) is 3.34. The zero-order valence-electron chi connectivity index (χ0n) is 10.3. The second-order valence-corrected chi connectivity index (χ2v) is 5.24. The predicted octanol–water partition coefficient (Wildman–Crippen LogP) is 2.32. The van der Waals surface area contributed by atoms with Gasteiger partial charge in [0, 0.05) is 18.0 Å². The summed E-state index contributed by atoms with van der Waals surface area (Å²) in [5.74, 6) is 1.19. The summed E-state index contributed by atoms with van der Waals surface area (Å²) in [6, 6.07) is 10.6. The van der Waals surface area contributed by atoms with Gasteiger partial charge in [0.1, 0.15) is 0 Å². The number of hydrogen-bond donors (Lipinski definition) is 1. The van der Waals surface area contributed by atoms with Crippen LogP contribution in [0.5, 0.6) is 0 Å². The van der Waals surface area contributed by atoms with Crippen molar-refractivity contribution >= 4 is 11.8 Å². The van der Waals surface area contributed by atoms with Crippen molar-refractivity contribution in [1.29, 1.82) is 0 Å². The van der Waals surface area contributed by atoms with E-state index in [1.807, 2.05) is 11.8 Å². The molecule has 1 aromatic rings. The molecule has 1 aromatic carbocycles. The molecule has 0 aliphatic carbocycles. The highest BCUT2D eigenvalue weighted by atomic mass is 32.2. The maximum absolute atomic E-state index is 3.45. The highest BCUT2D eigenvalue weighted by Crippen LogP contribution is 2.17. The van der Waals surface area contributed by atoms with Crippen LogP contribution in [0.3, 0.4) is 0 Å². The molecule has 0 heterocycles. The zero-order chi connectivity index (χ0) is 11.6. The summed E-state index contributed by atoms with van der Waals surface area (Å²) in [4.78, 5) is 3.57. The summed E-state index contributed by atoms with van der Waals surface area (Å²) in [6.45, 7) is 3.32. The quantitative estimate of drug-likeness (QED) is 0.553. The highest BCUT2D eigenvalue weighted by Gasteiger charge is 1.93. The third-order valence-electron chi connectivity index (χ3n) is 2.25. The molecule has 0 aliphatic heterocycles. The number of nitrogens with one attached hydrogen (secondary N) is 1. The minimum Gasteiger partial charge on any atom is -0.315 e. The van der Waals surface area contributed by atoms with Gasteiger partial charge in [0.15, 0.2) is 0 Å². The first-order valence-corrected chi connectivity index (χ1v) is 6.81. The van der Waals surface area contributed by atoms with Gasteiger partial charge in [0.05, 0.1) is 0 Å². The second kappa shape index (κ2) is 8.62. The lowest BCUT2D eigenvalue weighted by Crippen LogP contribution is -2.27. The minimum atomic E-state index is 1.09. The van der Waals surface area contributed by atoms with Crippen LogP contribution in [0.4, 0.5) is 0 Å². The van der Waals surface area contributed by atoms with E-state index in [2.05, 4.69) is 54.6 Å². The molecule has 16 heavy (non-hydrogen) atoms. The summed E-state index contributed by atoms with van der Waals surface area (Å²) < 4.78 is 0. The standard InChI is InChI=1S/C13H22N2S/c1-15(2)11-10-14-9-6-12-16-13-7-4-3-5-8-13/h3-5,7-8,14H,6,9-12H2,1-2H3. The van der Waals surface area contributed by atoms with E-state index in [-0.39, 0.29) is 0 Å². The van der Waals surface area contributed by atoms with E-state index >= 15 is 0 Å². The molecule has 0 radical (unpaired) electrons. The lowest BCUT2D eigenvalue weighted by atomic mass is 10.4. The number of likely N-dealkylation sites (N-methyl/N-ethyl adjacent to an activating group) is 1. The molecule has 0 saturated heterocycles. The van der Waals surface area contributed by atoms with Crippen LogP contribution in [0, 0.1) is 0 Å². The molecule has 0 amide bonds. The molecule has 0 fully saturated rings. The largest absolute Gasteiger partial charge is 0.315 e. The average molecular weight is 238 g/mol. The maximum atomic E-state index is 3.45. The average Bonchev–Trinajstić information content (AvgIpc) is 2.29. The monoisotopic (exact) mass is 238 g/mol. The van der Waals surface area contributed by atoms with E-state index in [1.165, 1.54) is 17.1 Å². The molecule has 0 aromatic heterocycles. The first kappa shape index (κ1) is 13.6. The Morgan fingerprint density at radius 1 is 1.12 bits per heavy atom. The fourth-order valence-electron chi connectivity index (χ4n) is 1.33. The Morgan fingerprint density at radius 3 is 2.56 bits per heavy atom. The van der Waals surface area contributed by atoms with Crippen molar-refractivity contribution in [3.05, 3.63) is 30.3 Å². The molecule has 0 aliphatic rings. The molecule has 1 N–H and O–H groups in total. The predicted molar refractivity (Wildman–Crippen MR) is 73.2 cm³/mol. The van der Waals surface area contributed by atoms with Gasteiger partial charge in [-0.3, -0.25) is 0 Å². The van der Waals surface area contributed by atoms with E-state index in [0.717, 1.165) is 19.6 Å². The van der Waals surface area contributed by atoms with E-state index in [9.17, 15) is 0 Å². The van der Waals surface area contributed by atoms with Crippen LogP contribution in [0.25, 0.3) is 0 Å². The normalized spacial score (nSPS) is 10.9. The van der Waals surface area contributed by atoms with Crippen molar-refractivity contribution in [2.75, 3.05) is 39.5 Å². The number of nitrogens with zero attached hydrogens (tertiary/aromatic N) is 1. The molecule has 3 heteroatoms. The Labute approximate surface area is 103 Å². The number of benzene rings is 1. The van der Waals surface area contributed by atoms with E-state index < -0.39 is 0 Å². The van der Waals surface area contributed by atoms with Crippen LogP contribution in [0.2, 0.25) is 0 Å². The van der Waals surface area contributed by atoms with Gasteiger partial charge < -0.3 is 10.2 Å². The van der Waals surface area contributed by atoms with Crippen LogP contribution in [-0.2, 0) is 0 Å². The fourth-order valence-corrected chi connectivity index (χ4v) is 2.21. The van der Waals surface area contributed by atoms with Gasteiger partial charge in [-0.15, -0.1) is 11.8 Å². The Hall–Kier alpha value is -0.510. The van der Waals surface area contributed by atoms with Crippen molar-refractivity contribution in [2.24, 2.45) is 0 Å². The first-order valence-electron chi connectivity index (χ1n) is 5.82. The Kier molecular flexibility index (Phi) is 7.30. The molecular weight excluding hydrogens is 216 g/mol. The van der Waals surface area contributed by atoms with Crippen LogP contribution in [0.1, 0.15) is 6.42 Å². The van der Waals surface area contributed by atoms with Crippen molar-refractivity contribution < 1.29 is 0 Å². The fraction of sp³-hybridized carbons (Fsp3) is 0.538. The molecule has 2 nitrogen and oxygen atoms in total. The van der Waals surface area contributed by atoms with E-state index in [1.54, 1.807) is 0 Å². The summed E-state index contributed by atoms with van der Waals surface area (Å²) in [6.07, 6.45) is 1.23. The van der Waals surface area contributed by atoms with Gasteiger partial charge in [-0.2, -0.15) is 0 Å². The smallest absolute Gasteiger partial charge is 0.0101 e. The Morgan fingerprint density at radius 2 is 1.88 bits per heavy atom. The lowest BCUT2D eigenvalue weighted by Gasteiger charge is -2.10. The lowest BCUT2D eigenvalue weighted by molar-refractivity contribution is 0.400. The number of hydrogen-bond acceptors (Lipinski definition) is 3. The molecule has 1 rings (SSSR count). The summed E-state index contributed by atoms with van der Waals surface area (Å²) in [7, 11) is 4.21. The van der Waals surface area contributed by atoms with Gasteiger partial charge in [0.2, 0.25) is 0 Å². The molecule has 0 unspecified atom stereocenters. The first-order chi connectivity index (χ1) is 7.79. The maximum Gasteiger partial charge on any atom is 0.0101 e. The van der Waals surface area contributed by atoms with Crippen molar-refractivity contribution in [2.45, 2.75) is 11.3 Å². The topological polar surface area (TPSA) is 15.3 Å². The molecule has 0 atom stereocenters. The van der Waals surface area contributed by atoms with E-state index in [0.29, 0.717) is 0 Å². The molecule has 90 valence electrons. The van der Waals surface area contributed by atoms with Crippen molar-refractivity contribution in [3.8, 4) is 0 Å². The Bertz CT molecular complexity index is 262. The molecule has 0 saturated carbocycles. The van der Waals surface area contributed by atoms with Crippen LogP contribution in [-0.4, -0.2) is 44.4 Å². The molecule has 0 spiro atoms. The van der Waals surface area contributed by atoms with Gasteiger partial charge in [-0.05, 0) is 44.9 Å². The number of thioether (sulfide) groups is 1. The van der Waals surface area contributed by atoms with Gasteiger partial charge in [-0.1, -0.05) is 18.2 Å². The second-order valence-electron chi connectivity index (χ2n) is 4.07. The van der Waals surface area contributed by atoms with Gasteiger partial charge in [-0.25, -0.2) is 0 Å². The zero-order valence-corrected chi connectivity index (χ0v) is 11.1. The highest BCUT2D eigenvalue weighted by molar-refractivity contribution is 7.99. The number of rotatable bonds is 8. The van der Waals surface area contributed by atoms with Crippen LogP contribution < -0.4 is 5.32 Å². The van der Waals surface area contributed by atoms with Crippen molar-refractivity contribution in [3.63, 3.8) is 0 Å². The van der Waals surface area contributed by atoms with Crippen LogP contribution in [0.15, 0.2) is 35.2 Å². The summed E-state index contributed by atoms with van der Waals surface area (Å²) in [5, 5.41) is 3.45. The van der Waals surface area contributed by atoms with Gasteiger partial charge >= 0.3 is 0 Å². The van der Waals surface area contributed by atoms with Crippen LogP contribution >= 0.6 is 11.8 Å². The van der Waals surface area contributed by atoms with Gasteiger partial charge in [0.25, 0.3) is 0 Å². The SMILES string of the molecule is CN(C)CCNCCCSc1ccccc1. The Balaban J connectivity index is 1.93. The summed E-state index contributed by atoms with van der Waals surface area (Å²) >= 11 is 1.93.